The van der Waals surface area contributed by atoms with Gasteiger partial charge < -0.3 is 0 Å². The lowest BCUT2D eigenvalue weighted by molar-refractivity contribution is -0.137. The van der Waals surface area contributed by atoms with Gasteiger partial charge in [0.1, 0.15) is 5.37 Å². The van der Waals surface area contributed by atoms with Crippen LogP contribution in [0.3, 0.4) is 0 Å². The van der Waals surface area contributed by atoms with E-state index in [4.69, 9.17) is 0 Å². The lowest BCUT2D eigenvalue weighted by atomic mass is 10.1. The second-order valence-electron chi connectivity index (χ2n) is 6.08. The van der Waals surface area contributed by atoms with Gasteiger partial charge in [-0.2, -0.15) is 13.2 Å². The van der Waals surface area contributed by atoms with Crippen molar-refractivity contribution in [3.05, 3.63) is 77.9 Å². The topological polar surface area (TPSA) is 20.3 Å². The molecule has 1 heterocycles. The third-order valence-corrected chi connectivity index (χ3v) is 5.59. The van der Waals surface area contributed by atoms with Gasteiger partial charge in [-0.05, 0) is 40.6 Å². The van der Waals surface area contributed by atoms with Crippen LogP contribution >= 0.6 is 11.8 Å². The van der Waals surface area contributed by atoms with E-state index in [-0.39, 0.29) is 11.7 Å². The number of carbonyl (C=O) groups excluding carboxylic acids is 1. The van der Waals surface area contributed by atoms with E-state index < -0.39 is 17.1 Å². The first-order valence-electron chi connectivity index (χ1n) is 8.03. The highest BCUT2D eigenvalue weighted by molar-refractivity contribution is 8.00. The number of nitrogens with zero attached hydrogens (tertiary/aromatic N) is 1. The standard InChI is InChI=1S/C20H14F3NOS/c21-20(22,23)16-7-3-6-15(10-16)19-24(18(25)12-26-19)17-9-8-13-4-1-2-5-14(13)11-17/h1-11,19H,12H2/t19-/m0/s1. The SMILES string of the molecule is O=C1CS[C@@H](c2cccc(C(F)(F)F)c2)N1c1ccc2ccccc2c1. The molecule has 0 spiro atoms. The normalized spacial score (nSPS) is 17.9. The highest BCUT2D eigenvalue weighted by atomic mass is 32.2. The van der Waals surface area contributed by atoms with Crippen molar-refractivity contribution in [1.82, 2.24) is 0 Å². The summed E-state index contributed by atoms with van der Waals surface area (Å²) in [5.41, 5.74) is 0.471. The minimum atomic E-state index is -4.41. The quantitative estimate of drug-likeness (QED) is 0.580. The number of benzene rings is 3. The number of halogens is 3. The van der Waals surface area contributed by atoms with E-state index in [0.717, 1.165) is 22.9 Å². The summed E-state index contributed by atoms with van der Waals surface area (Å²) >= 11 is 1.34. The van der Waals surface area contributed by atoms with Crippen LogP contribution in [0.25, 0.3) is 10.8 Å². The van der Waals surface area contributed by atoms with Crippen LogP contribution in [0.15, 0.2) is 66.7 Å². The summed E-state index contributed by atoms with van der Waals surface area (Å²) in [6.45, 7) is 0. The molecule has 0 aromatic heterocycles. The minimum absolute atomic E-state index is 0.104. The summed E-state index contributed by atoms with van der Waals surface area (Å²) < 4.78 is 39.1. The largest absolute Gasteiger partial charge is 0.416 e. The molecule has 0 unspecified atom stereocenters. The number of amides is 1. The summed E-state index contributed by atoms with van der Waals surface area (Å²) in [5, 5.41) is 1.56. The van der Waals surface area contributed by atoms with Crippen LogP contribution in [0, 0.1) is 0 Å². The molecule has 6 heteroatoms. The Balaban J connectivity index is 1.75. The lowest BCUT2D eigenvalue weighted by Gasteiger charge is -2.25. The van der Waals surface area contributed by atoms with Gasteiger partial charge in [0, 0.05) is 5.69 Å². The van der Waals surface area contributed by atoms with Crippen molar-refractivity contribution in [1.29, 1.82) is 0 Å². The Hall–Kier alpha value is -2.47. The van der Waals surface area contributed by atoms with Gasteiger partial charge in [-0.25, -0.2) is 0 Å². The third-order valence-electron chi connectivity index (χ3n) is 4.38. The Kier molecular flexibility index (Phi) is 4.15. The van der Waals surface area contributed by atoms with Crippen LogP contribution in [-0.2, 0) is 11.0 Å². The fourth-order valence-corrected chi connectivity index (χ4v) is 4.31. The molecular formula is C20H14F3NOS. The van der Waals surface area contributed by atoms with E-state index in [1.807, 2.05) is 42.5 Å². The monoisotopic (exact) mass is 373 g/mol. The van der Waals surface area contributed by atoms with Crippen molar-refractivity contribution in [3.8, 4) is 0 Å². The predicted molar refractivity (Wildman–Crippen MR) is 98.1 cm³/mol. The van der Waals surface area contributed by atoms with E-state index in [1.165, 1.54) is 17.8 Å². The second kappa shape index (κ2) is 6.36. The molecule has 0 radical (unpaired) electrons. The number of fused-ring (bicyclic) bond motifs is 1. The molecule has 1 aliphatic rings. The van der Waals surface area contributed by atoms with Gasteiger partial charge in [-0.15, -0.1) is 11.8 Å². The number of anilines is 1. The van der Waals surface area contributed by atoms with Crippen LogP contribution in [0.4, 0.5) is 18.9 Å². The van der Waals surface area contributed by atoms with Crippen LogP contribution in [0.2, 0.25) is 0 Å². The van der Waals surface area contributed by atoms with Gasteiger partial charge in [0.15, 0.2) is 0 Å². The molecule has 26 heavy (non-hydrogen) atoms. The van der Waals surface area contributed by atoms with E-state index in [0.29, 0.717) is 11.3 Å². The summed E-state index contributed by atoms with van der Waals surface area (Å²) in [7, 11) is 0. The van der Waals surface area contributed by atoms with Crippen LogP contribution in [0.1, 0.15) is 16.5 Å². The number of thioether (sulfide) groups is 1. The molecule has 1 fully saturated rings. The van der Waals surface area contributed by atoms with E-state index >= 15 is 0 Å². The Bertz CT molecular complexity index is 986. The molecular weight excluding hydrogens is 359 g/mol. The summed E-state index contributed by atoms with van der Waals surface area (Å²) in [4.78, 5) is 14.0. The van der Waals surface area contributed by atoms with Crippen LogP contribution < -0.4 is 4.90 Å². The zero-order chi connectivity index (χ0) is 18.3. The minimum Gasteiger partial charge on any atom is -0.295 e. The predicted octanol–water partition coefficient (Wildman–Crippen LogP) is 5.64. The first kappa shape index (κ1) is 17.0. The van der Waals surface area contributed by atoms with Crippen molar-refractivity contribution >= 4 is 34.1 Å². The van der Waals surface area contributed by atoms with Crippen molar-refractivity contribution < 1.29 is 18.0 Å². The average molecular weight is 373 g/mol. The highest BCUT2D eigenvalue weighted by Gasteiger charge is 2.36. The summed E-state index contributed by atoms with van der Waals surface area (Å²) in [6, 6.07) is 18.6. The highest BCUT2D eigenvalue weighted by Crippen LogP contribution is 2.43. The first-order chi connectivity index (χ1) is 12.4. The molecule has 0 N–H and O–H groups in total. The molecule has 1 atom stereocenters. The lowest BCUT2D eigenvalue weighted by Crippen LogP contribution is -2.27. The van der Waals surface area contributed by atoms with Gasteiger partial charge in [0.2, 0.25) is 5.91 Å². The number of alkyl halides is 3. The summed E-state index contributed by atoms with van der Waals surface area (Å²) in [6.07, 6.45) is -4.41. The molecule has 2 nitrogen and oxygen atoms in total. The van der Waals surface area contributed by atoms with E-state index in [2.05, 4.69) is 0 Å². The molecule has 1 amide bonds. The van der Waals surface area contributed by atoms with Gasteiger partial charge in [-0.1, -0.05) is 42.5 Å². The van der Waals surface area contributed by atoms with E-state index in [1.54, 1.807) is 11.0 Å². The number of hydrogen-bond donors (Lipinski definition) is 0. The molecule has 0 saturated carbocycles. The molecule has 3 aromatic rings. The van der Waals surface area contributed by atoms with Gasteiger partial charge in [-0.3, -0.25) is 9.69 Å². The molecule has 1 aliphatic heterocycles. The van der Waals surface area contributed by atoms with Gasteiger partial charge >= 0.3 is 6.18 Å². The third kappa shape index (κ3) is 3.05. The molecule has 4 rings (SSSR count). The van der Waals surface area contributed by atoms with Crippen LogP contribution in [0.5, 0.6) is 0 Å². The molecule has 1 saturated heterocycles. The maximum Gasteiger partial charge on any atom is 0.416 e. The second-order valence-corrected chi connectivity index (χ2v) is 7.15. The summed E-state index contributed by atoms with van der Waals surface area (Å²) in [5.74, 6) is 0.140. The fourth-order valence-electron chi connectivity index (χ4n) is 3.14. The van der Waals surface area contributed by atoms with Gasteiger partial charge in [0.25, 0.3) is 0 Å². The van der Waals surface area contributed by atoms with E-state index in [9.17, 15) is 18.0 Å². The Labute approximate surface area is 152 Å². The van der Waals surface area contributed by atoms with Gasteiger partial charge in [0.05, 0.1) is 11.3 Å². The van der Waals surface area contributed by atoms with Crippen molar-refractivity contribution in [2.75, 3.05) is 10.7 Å². The number of hydrogen-bond acceptors (Lipinski definition) is 2. The van der Waals surface area contributed by atoms with Crippen molar-refractivity contribution in [2.24, 2.45) is 0 Å². The molecule has 132 valence electrons. The van der Waals surface area contributed by atoms with Crippen LogP contribution in [-0.4, -0.2) is 11.7 Å². The smallest absolute Gasteiger partial charge is 0.295 e. The maximum atomic E-state index is 13.0. The number of carbonyl (C=O) groups is 1. The molecule has 0 bridgehead atoms. The van der Waals surface area contributed by atoms with Crippen molar-refractivity contribution in [3.63, 3.8) is 0 Å². The first-order valence-corrected chi connectivity index (χ1v) is 9.08. The zero-order valence-electron chi connectivity index (χ0n) is 13.5. The zero-order valence-corrected chi connectivity index (χ0v) is 14.3. The molecule has 0 aliphatic carbocycles. The average Bonchev–Trinajstić information content (AvgIpc) is 3.02. The number of rotatable bonds is 2. The fraction of sp³-hybridized carbons (Fsp3) is 0.150. The molecule has 3 aromatic carbocycles. The van der Waals surface area contributed by atoms with Crippen molar-refractivity contribution in [2.45, 2.75) is 11.6 Å². The Morgan fingerprint density at radius 1 is 0.923 bits per heavy atom. The maximum absolute atomic E-state index is 13.0. The Morgan fingerprint density at radius 2 is 1.69 bits per heavy atom. The Morgan fingerprint density at radius 3 is 2.46 bits per heavy atom.